The third kappa shape index (κ3) is 5.04. The average molecular weight is 413 g/mol. The lowest BCUT2D eigenvalue weighted by Crippen LogP contribution is -2.44. The van der Waals surface area contributed by atoms with E-state index in [0.29, 0.717) is 34.8 Å². The first kappa shape index (κ1) is 20.6. The zero-order valence-corrected chi connectivity index (χ0v) is 17.6. The highest BCUT2D eigenvalue weighted by Crippen LogP contribution is 2.25. The van der Waals surface area contributed by atoms with Gasteiger partial charge in [0.15, 0.2) is 0 Å². The van der Waals surface area contributed by atoms with Crippen LogP contribution in [0.3, 0.4) is 0 Å². The molecule has 0 aliphatic carbocycles. The van der Waals surface area contributed by atoms with Gasteiger partial charge in [-0.2, -0.15) is 0 Å². The molecule has 28 heavy (non-hydrogen) atoms. The van der Waals surface area contributed by atoms with E-state index in [-0.39, 0.29) is 6.71 Å². The van der Waals surface area contributed by atoms with Crippen LogP contribution in [0.15, 0.2) is 66.7 Å². The Morgan fingerprint density at radius 2 is 1.21 bits per heavy atom. The van der Waals surface area contributed by atoms with Crippen molar-refractivity contribution < 1.29 is 9.47 Å². The summed E-state index contributed by atoms with van der Waals surface area (Å²) >= 11 is 12.6. The molecule has 0 fully saturated rings. The maximum Gasteiger partial charge on any atom is 0.213 e. The van der Waals surface area contributed by atoms with Gasteiger partial charge in [-0.3, -0.25) is 0 Å². The van der Waals surface area contributed by atoms with Gasteiger partial charge in [-0.15, -0.1) is 0 Å². The van der Waals surface area contributed by atoms with Crippen LogP contribution in [0, 0.1) is 0 Å². The van der Waals surface area contributed by atoms with Crippen molar-refractivity contribution in [1.82, 2.24) is 0 Å². The molecule has 3 rings (SSSR count). The lowest BCUT2D eigenvalue weighted by molar-refractivity contribution is 0.340. The summed E-state index contributed by atoms with van der Waals surface area (Å²) in [7, 11) is 0. The van der Waals surface area contributed by atoms with Gasteiger partial charge < -0.3 is 9.47 Å². The van der Waals surface area contributed by atoms with Crippen LogP contribution in [0.2, 0.25) is 10.0 Å². The van der Waals surface area contributed by atoms with Crippen LogP contribution < -0.4 is 20.4 Å². The molecule has 0 atom stereocenters. The van der Waals surface area contributed by atoms with Gasteiger partial charge in [0.25, 0.3) is 0 Å². The van der Waals surface area contributed by atoms with Gasteiger partial charge in [-0.25, -0.2) is 0 Å². The first-order valence-electron chi connectivity index (χ1n) is 9.50. The Kier molecular flexibility index (Phi) is 7.30. The van der Waals surface area contributed by atoms with Gasteiger partial charge in [0.2, 0.25) is 6.71 Å². The predicted molar refractivity (Wildman–Crippen MR) is 120 cm³/mol. The highest BCUT2D eigenvalue weighted by Gasteiger charge is 2.22. The van der Waals surface area contributed by atoms with Crippen LogP contribution in [-0.2, 0) is 6.32 Å². The van der Waals surface area contributed by atoms with Crippen LogP contribution in [0.1, 0.15) is 19.4 Å². The van der Waals surface area contributed by atoms with Crippen LogP contribution in [-0.4, -0.2) is 19.9 Å². The maximum atomic E-state index is 6.31. The second kappa shape index (κ2) is 9.91. The maximum absolute atomic E-state index is 6.31. The van der Waals surface area contributed by atoms with E-state index in [1.807, 2.05) is 44.2 Å². The quantitative estimate of drug-likeness (QED) is 0.474. The number of rotatable bonds is 8. The molecule has 0 unspecified atom stereocenters. The summed E-state index contributed by atoms with van der Waals surface area (Å²) in [6.07, 6.45) is 0.848. The molecule has 5 heteroatoms. The van der Waals surface area contributed by atoms with Crippen LogP contribution in [0.4, 0.5) is 0 Å². The Labute approximate surface area is 177 Å². The topological polar surface area (TPSA) is 18.5 Å². The van der Waals surface area contributed by atoms with Gasteiger partial charge in [-0.1, -0.05) is 82.2 Å². The zero-order valence-electron chi connectivity index (χ0n) is 16.1. The smallest absolute Gasteiger partial charge is 0.213 e. The van der Waals surface area contributed by atoms with E-state index in [9.17, 15) is 0 Å². The highest BCUT2D eigenvalue weighted by molar-refractivity contribution is 6.84. The van der Waals surface area contributed by atoms with Gasteiger partial charge in [0.1, 0.15) is 11.5 Å². The van der Waals surface area contributed by atoms with E-state index in [2.05, 4.69) is 36.4 Å². The van der Waals surface area contributed by atoms with Gasteiger partial charge in [0, 0.05) is 0 Å². The molecular weight excluding hydrogens is 390 g/mol. The first-order valence-corrected chi connectivity index (χ1v) is 10.3. The lowest BCUT2D eigenvalue weighted by Gasteiger charge is -2.18. The summed E-state index contributed by atoms with van der Waals surface area (Å²) in [4.78, 5) is 0. The Bertz CT molecular complexity index is 860. The van der Waals surface area contributed by atoms with Crippen molar-refractivity contribution in [1.29, 1.82) is 0 Å². The standard InChI is InChI=1S/C23H23BCl2O2/c1-3-27-22-14-18(10-12-20(22)25)24(16-17-8-6-5-7-9-17)19-11-13-21(26)23(15-19)28-4-2/h5-15H,3-4,16H2,1-2H3. The highest BCUT2D eigenvalue weighted by atomic mass is 35.5. The fraction of sp³-hybridized carbons (Fsp3) is 0.217. The van der Waals surface area contributed by atoms with Crippen LogP contribution in [0.25, 0.3) is 0 Å². The van der Waals surface area contributed by atoms with Gasteiger partial charge in [0.05, 0.1) is 23.3 Å². The van der Waals surface area contributed by atoms with E-state index in [4.69, 9.17) is 32.7 Å². The summed E-state index contributed by atoms with van der Waals surface area (Å²) in [6.45, 7) is 5.18. The Balaban J connectivity index is 2.05. The Morgan fingerprint density at radius 1 is 0.714 bits per heavy atom. The van der Waals surface area contributed by atoms with Crippen molar-refractivity contribution in [2.24, 2.45) is 0 Å². The molecule has 3 aromatic carbocycles. The number of benzene rings is 3. The van der Waals surface area contributed by atoms with Crippen molar-refractivity contribution in [2.75, 3.05) is 13.2 Å². The number of hydrogen-bond acceptors (Lipinski definition) is 2. The summed E-state index contributed by atoms with van der Waals surface area (Å²) in [6, 6.07) is 22.4. The largest absolute Gasteiger partial charge is 0.492 e. The summed E-state index contributed by atoms with van der Waals surface area (Å²) in [5.41, 5.74) is 3.54. The van der Waals surface area contributed by atoms with E-state index in [1.54, 1.807) is 0 Å². The van der Waals surface area contributed by atoms with Crippen molar-refractivity contribution in [3.05, 3.63) is 82.3 Å². The third-order valence-electron chi connectivity index (χ3n) is 4.60. The molecule has 3 aromatic rings. The van der Waals surface area contributed by atoms with Crippen molar-refractivity contribution in [2.45, 2.75) is 20.2 Å². The minimum absolute atomic E-state index is 0.121. The molecule has 0 radical (unpaired) electrons. The molecule has 144 valence electrons. The monoisotopic (exact) mass is 412 g/mol. The SMILES string of the molecule is CCOc1cc(B(Cc2ccccc2)c2ccc(Cl)c(OCC)c2)ccc1Cl. The molecule has 2 nitrogen and oxygen atoms in total. The van der Waals surface area contributed by atoms with Gasteiger partial charge in [-0.05, 0) is 44.4 Å². The number of halogens is 2. The molecular formula is C23H23BCl2O2. The predicted octanol–water partition coefficient (Wildman–Crippen LogP) is 5.18. The Morgan fingerprint density at radius 3 is 1.68 bits per heavy atom. The minimum Gasteiger partial charge on any atom is -0.492 e. The van der Waals surface area contributed by atoms with Crippen molar-refractivity contribution in [3.63, 3.8) is 0 Å². The number of ether oxygens (including phenoxy) is 2. The molecule has 0 aliphatic heterocycles. The first-order chi connectivity index (χ1) is 13.6. The van der Waals surface area contributed by atoms with Crippen molar-refractivity contribution >= 4 is 40.8 Å². The fourth-order valence-corrected chi connectivity index (χ4v) is 3.63. The van der Waals surface area contributed by atoms with Crippen LogP contribution in [0.5, 0.6) is 11.5 Å². The second-order valence-electron chi connectivity index (χ2n) is 6.49. The summed E-state index contributed by atoms with van der Waals surface area (Å²) < 4.78 is 11.4. The number of hydrogen-bond donors (Lipinski definition) is 0. The molecule has 0 saturated heterocycles. The van der Waals surface area contributed by atoms with Gasteiger partial charge >= 0.3 is 0 Å². The summed E-state index contributed by atoms with van der Waals surface area (Å²) in [5.74, 6) is 1.41. The molecule has 0 aromatic heterocycles. The van der Waals surface area contributed by atoms with E-state index in [1.165, 1.54) is 5.56 Å². The average Bonchev–Trinajstić information content (AvgIpc) is 2.71. The molecule has 0 heterocycles. The van der Waals surface area contributed by atoms with Crippen molar-refractivity contribution in [3.8, 4) is 11.5 Å². The minimum atomic E-state index is 0.121. The molecule has 0 saturated carbocycles. The molecule has 0 N–H and O–H groups in total. The molecule has 0 amide bonds. The molecule has 0 aliphatic rings. The van der Waals surface area contributed by atoms with E-state index in [0.717, 1.165) is 17.2 Å². The normalized spacial score (nSPS) is 10.6. The van der Waals surface area contributed by atoms with E-state index < -0.39 is 0 Å². The summed E-state index contributed by atoms with van der Waals surface area (Å²) in [5, 5.41) is 1.24. The molecule has 0 bridgehead atoms. The fourth-order valence-electron chi connectivity index (χ4n) is 3.28. The zero-order chi connectivity index (χ0) is 19.9. The lowest BCUT2D eigenvalue weighted by atomic mass is 9.38. The second-order valence-corrected chi connectivity index (χ2v) is 7.30. The van der Waals surface area contributed by atoms with Crippen LogP contribution >= 0.6 is 23.2 Å². The third-order valence-corrected chi connectivity index (χ3v) is 5.22. The van der Waals surface area contributed by atoms with E-state index >= 15 is 0 Å². The molecule has 0 spiro atoms. The Hall–Kier alpha value is -2.10.